The number of rotatable bonds is 1. The van der Waals surface area contributed by atoms with Gasteiger partial charge >= 0.3 is 0 Å². The SMILES string of the molecule is OC1(c2cnc3cccnn23)CC2COCC(C1)N2. The van der Waals surface area contributed by atoms with Crippen LogP contribution in [0.4, 0.5) is 0 Å². The smallest absolute Gasteiger partial charge is 0.153 e. The molecule has 6 heteroatoms. The van der Waals surface area contributed by atoms with Crippen LogP contribution in [0, 0.1) is 0 Å². The van der Waals surface area contributed by atoms with Gasteiger partial charge in [-0.1, -0.05) is 0 Å². The first kappa shape index (κ1) is 11.3. The molecular weight excluding hydrogens is 244 g/mol. The third kappa shape index (κ3) is 1.75. The zero-order valence-corrected chi connectivity index (χ0v) is 10.5. The number of imidazole rings is 1. The van der Waals surface area contributed by atoms with Crippen molar-refractivity contribution >= 4 is 5.65 Å². The van der Waals surface area contributed by atoms with Crippen LogP contribution in [-0.2, 0) is 10.3 Å². The molecule has 2 N–H and O–H groups in total. The Labute approximate surface area is 110 Å². The molecule has 0 aromatic carbocycles. The molecule has 0 radical (unpaired) electrons. The molecule has 2 aromatic rings. The second-order valence-electron chi connectivity index (χ2n) is 5.47. The van der Waals surface area contributed by atoms with Crippen LogP contribution < -0.4 is 5.32 Å². The minimum absolute atomic E-state index is 0.201. The lowest BCUT2D eigenvalue weighted by Gasteiger charge is -2.44. The summed E-state index contributed by atoms with van der Waals surface area (Å²) in [6.07, 6.45) is 4.72. The van der Waals surface area contributed by atoms with Crippen LogP contribution in [0.5, 0.6) is 0 Å². The van der Waals surface area contributed by atoms with E-state index in [2.05, 4.69) is 15.4 Å². The van der Waals surface area contributed by atoms with Crippen molar-refractivity contribution in [2.45, 2.75) is 30.5 Å². The molecule has 2 aliphatic heterocycles. The predicted molar refractivity (Wildman–Crippen MR) is 67.6 cm³/mol. The number of hydrogen-bond donors (Lipinski definition) is 2. The van der Waals surface area contributed by atoms with E-state index in [4.69, 9.17) is 4.74 Å². The van der Waals surface area contributed by atoms with Crippen LogP contribution in [0.2, 0.25) is 0 Å². The van der Waals surface area contributed by atoms with Crippen molar-refractivity contribution in [2.75, 3.05) is 13.2 Å². The van der Waals surface area contributed by atoms with Gasteiger partial charge in [-0.2, -0.15) is 5.10 Å². The first-order valence-corrected chi connectivity index (χ1v) is 6.60. The summed E-state index contributed by atoms with van der Waals surface area (Å²) >= 11 is 0. The number of aliphatic hydroxyl groups is 1. The van der Waals surface area contributed by atoms with Gasteiger partial charge in [-0.3, -0.25) is 0 Å². The Morgan fingerprint density at radius 1 is 1.37 bits per heavy atom. The number of ether oxygens (including phenoxy) is 1. The van der Waals surface area contributed by atoms with Crippen molar-refractivity contribution in [1.29, 1.82) is 0 Å². The highest BCUT2D eigenvalue weighted by atomic mass is 16.5. The Bertz CT molecular complexity index is 599. The summed E-state index contributed by atoms with van der Waals surface area (Å²) in [5.41, 5.74) is 0.672. The maximum atomic E-state index is 11.0. The number of piperidine rings is 1. The summed E-state index contributed by atoms with van der Waals surface area (Å²) in [6, 6.07) is 4.14. The van der Waals surface area contributed by atoms with Crippen molar-refractivity contribution in [3.8, 4) is 0 Å². The Hall–Kier alpha value is -1.50. The molecule has 19 heavy (non-hydrogen) atoms. The van der Waals surface area contributed by atoms with Gasteiger partial charge in [0, 0.05) is 18.3 Å². The number of hydrogen-bond acceptors (Lipinski definition) is 5. The summed E-state index contributed by atoms with van der Waals surface area (Å²) in [5, 5.41) is 18.8. The third-order valence-electron chi connectivity index (χ3n) is 4.03. The molecule has 2 unspecified atom stereocenters. The van der Waals surface area contributed by atoms with E-state index in [9.17, 15) is 5.11 Å². The highest BCUT2D eigenvalue weighted by molar-refractivity contribution is 5.39. The monoisotopic (exact) mass is 260 g/mol. The summed E-state index contributed by atoms with van der Waals surface area (Å²) in [6.45, 7) is 1.31. The normalized spacial score (nSPS) is 34.6. The number of nitrogens with one attached hydrogen (secondary N) is 1. The molecule has 2 atom stereocenters. The van der Waals surface area contributed by atoms with Gasteiger partial charge in [0.2, 0.25) is 0 Å². The Kier molecular flexibility index (Phi) is 2.38. The molecule has 0 saturated carbocycles. The van der Waals surface area contributed by atoms with E-state index in [1.54, 1.807) is 16.9 Å². The molecule has 0 amide bonds. The highest BCUT2D eigenvalue weighted by Gasteiger charge is 2.44. The molecule has 0 spiro atoms. The zero-order chi connectivity index (χ0) is 12.9. The van der Waals surface area contributed by atoms with Gasteiger partial charge in [-0.25, -0.2) is 9.50 Å². The Morgan fingerprint density at radius 2 is 2.16 bits per heavy atom. The van der Waals surface area contributed by atoms with Gasteiger partial charge in [0.05, 0.1) is 25.1 Å². The molecule has 2 aliphatic rings. The van der Waals surface area contributed by atoms with Crippen LogP contribution in [-0.4, -0.2) is 45.0 Å². The molecule has 2 saturated heterocycles. The fourth-order valence-electron chi connectivity index (χ4n) is 3.27. The number of aromatic nitrogens is 3. The number of nitrogens with zero attached hydrogens (tertiary/aromatic N) is 3. The van der Waals surface area contributed by atoms with Crippen LogP contribution in [0.1, 0.15) is 18.5 Å². The average Bonchev–Trinajstić information content (AvgIpc) is 2.82. The molecule has 4 heterocycles. The fourth-order valence-corrected chi connectivity index (χ4v) is 3.27. The lowest BCUT2D eigenvalue weighted by molar-refractivity contribution is -0.0832. The van der Waals surface area contributed by atoms with Crippen molar-refractivity contribution in [1.82, 2.24) is 19.9 Å². The molecular formula is C13H16N4O2. The first-order valence-electron chi connectivity index (χ1n) is 6.60. The van der Waals surface area contributed by atoms with Crippen LogP contribution in [0.15, 0.2) is 24.5 Å². The molecule has 2 fully saturated rings. The van der Waals surface area contributed by atoms with Crippen LogP contribution in [0.3, 0.4) is 0 Å². The second kappa shape index (κ2) is 4.00. The van der Waals surface area contributed by atoms with E-state index < -0.39 is 5.60 Å². The maximum Gasteiger partial charge on any atom is 0.153 e. The molecule has 4 rings (SSSR count). The van der Waals surface area contributed by atoms with Gasteiger partial charge in [0.1, 0.15) is 5.60 Å². The van der Waals surface area contributed by atoms with Gasteiger partial charge in [-0.05, 0) is 25.0 Å². The maximum absolute atomic E-state index is 11.0. The molecule has 100 valence electrons. The lowest BCUT2D eigenvalue weighted by Crippen LogP contribution is -2.58. The predicted octanol–water partition coefficient (Wildman–Crippen LogP) is 0.0677. The lowest BCUT2D eigenvalue weighted by atomic mass is 9.81. The highest BCUT2D eigenvalue weighted by Crippen LogP contribution is 2.36. The standard InChI is InChI=1S/C13H16N4O2/c18-13(4-9-7-19-8-10(5-13)16-9)11-6-14-12-2-1-3-15-17(11)12/h1-3,6,9-10,16,18H,4-5,7-8H2. The minimum Gasteiger partial charge on any atom is -0.383 e. The zero-order valence-electron chi connectivity index (χ0n) is 10.5. The van der Waals surface area contributed by atoms with E-state index in [0.717, 1.165) is 11.3 Å². The van der Waals surface area contributed by atoms with Crippen molar-refractivity contribution in [2.24, 2.45) is 0 Å². The van der Waals surface area contributed by atoms with Gasteiger partial charge < -0.3 is 15.2 Å². The van der Waals surface area contributed by atoms with E-state index in [-0.39, 0.29) is 12.1 Å². The molecule has 0 aliphatic carbocycles. The van der Waals surface area contributed by atoms with Gasteiger partial charge in [0.25, 0.3) is 0 Å². The molecule has 2 bridgehead atoms. The quantitative estimate of drug-likeness (QED) is 0.759. The topological polar surface area (TPSA) is 71.7 Å². The Balaban J connectivity index is 1.78. The van der Waals surface area contributed by atoms with E-state index in [1.807, 2.05) is 12.1 Å². The largest absolute Gasteiger partial charge is 0.383 e. The first-order chi connectivity index (χ1) is 9.24. The summed E-state index contributed by atoms with van der Waals surface area (Å²) in [5.74, 6) is 0. The fraction of sp³-hybridized carbons (Fsp3) is 0.538. The second-order valence-corrected chi connectivity index (χ2v) is 5.47. The van der Waals surface area contributed by atoms with E-state index in [0.29, 0.717) is 26.1 Å². The molecule has 6 nitrogen and oxygen atoms in total. The van der Waals surface area contributed by atoms with Gasteiger partial charge in [0.15, 0.2) is 5.65 Å². The van der Waals surface area contributed by atoms with E-state index in [1.165, 1.54) is 0 Å². The van der Waals surface area contributed by atoms with Crippen molar-refractivity contribution in [3.05, 3.63) is 30.2 Å². The summed E-state index contributed by atoms with van der Waals surface area (Å²) in [7, 11) is 0. The number of morpholine rings is 1. The third-order valence-corrected chi connectivity index (χ3v) is 4.03. The summed E-state index contributed by atoms with van der Waals surface area (Å²) < 4.78 is 7.26. The van der Waals surface area contributed by atoms with Crippen LogP contribution in [0.25, 0.3) is 5.65 Å². The Morgan fingerprint density at radius 3 is 2.95 bits per heavy atom. The van der Waals surface area contributed by atoms with E-state index >= 15 is 0 Å². The van der Waals surface area contributed by atoms with Crippen LogP contribution >= 0.6 is 0 Å². The van der Waals surface area contributed by atoms with Crippen molar-refractivity contribution in [3.63, 3.8) is 0 Å². The molecule has 2 aromatic heterocycles. The van der Waals surface area contributed by atoms with Crippen molar-refractivity contribution < 1.29 is 9.84 Å². The average molecular weight is 260 g/mol. The minimum atomic E-state index is -0.877. The summed E-state index contributed by atoms with van der Waals surface area (Å²) in [4.78, 5) is 4.32. The number of fused-ring (bicyclic) bond motifs is 3. The van der Waals surface area contributed by atoms with Gasteiger partial charge in [-0.15, -0.1) is 0 Å².